The Morgan fingerprint density at radius 3 is 2.79 bits per heavy atom. The summed E-state index contributed by atoms with van der Waals surface area (Å²) < 4.78 is 20.8. The van der Waals surface area contributed by atoms with E-state index in [9.17, 15) is 9.18 Å². The van der Waals surface area contributed by atoms with Crippen LogP contribution in [0, 0.1) is 12.7 Å². The molecule has 19 heavy (non-hydrogen) atoms. The van der Waals surface area contributed by atoms with E-state index >= 15 is 0 Å². The van der Waals surface area contributed by atoms with Crippen LogP contribution >= 0.6 is 0 Å². The van der Waals surface area contributed by atoms with Crippen LogP contribution in [0.15, 0.2) is 18.2 Å². The highest BCUT2D eigenvalue weighted by molar-refractivity contribution is 5.84. The van der Waals surface area contributed by atoms with Crippen molar-refractivity contribution >= 4 is 6.29 Å². The third-order valence-corrected chi connectivity index (χ3v) is 2.96. The van der Waals surface area contributed by atoms with Gasteiger partial charge < -0.3 is 9.30 Å². The molecule has 1 aromatic heterocycles. The van der Waals surface area contributed by atoms with Crippen molar-refractivity contribution in [2.24, 2.45) is 7.05 Å². The van der Waals surface area contributed by atoms with Gasteiger partial charge in [0.05, 0.1) is 12.3 Å². The molecule has 0 aliphatic carbocycles. The Kier molecular flexibility index (Phi) is 3.64. The van der Waals surface area contributed by atoms with Gasteiger partial charge in [-0.3, -0.25) is 4.79 Å². The van der Waals surface area contributed by atoms with Gasteiger partial charge >= 0.3 is 0 Å². The number of benzene rings is 1. The summed E-state index contributed by atoms with van der Waals surface area (Å²) in [6.07, 6.45) is 0.677. The predicted octanol–water partition coefficient (Wildman–Crippen LogP) is 2.75. The van der Waals surface area contributed by atoms with E-state index in [2.05, 4.69) is 4.98 Å². The molecule has 0 N–H and O–H groups in total. The van der Waals surface area contributed by atoms with Gasteiger partial charge in [0.15, 0.2) is 17.9 Å². The summed E-state index contributed by atoms with van der Waals surface area (Å²) in [6, 6.07) is 4.64. The lowest BCUT2D eigenvalue weighted by Gasteiger charge is -2.08. The minimum atomic E-state index is -0.449. The van der Waals surface area contributed by atoms with Crippen LogP contribution in [0.5, 0.6) is 5.75 Å². The van der Waals surface area contributed by atoms with E-state index in [1.165, 1.54) is 6.07 Å². The topological polar surface area (TPSA) is 44.1 Å². The van der Waals surface area contributed by atoms with Crippen molar-refractivity contribution in [3.8, 4) is 17.0 Å². The second kappa shape index (κ2) is 5.22. The molecule has 0 saturated heterocycles. The lowest BCUT2D eigenvalue weighted by Crippen LogP contribution is -1.98. The number of halogens is 1. The largest absolute Gasteiger partial charge is 0.491 e. The summed E-state index contributed by atoms with van der Waals surface area (Å²) in [5.74, 6) is 0.458. The third kappa shape index (κ3) is 2.36. The second-order valence-electron chi connectivity index (χ2n) is 4.15. The average molecular weight is 262 g/mol. The van der Waals surface area contributed by atoms with E-state index in [0.717, 1.165) is 0 Å². The molecule has 1 aromatic carbocycles. The average Bonchev–Trinajstić information content (AvgIpc) is 2.68. The van der Waals surface area contributed by atoms with E-state index < -0.39 is 5.82 Å². The zero-order chi connectivity index (χ0) is 14.0. The number of aryl methyl sites for hydroxylation is 1. The third-order valence-electron chi connectivity index (χ3n) is 2.96. The number of aldehydes is 1. The monoisotopic (exact) mass is 262 g/mol. The highest BCUT2D eigenvalue weighted by Gasteiger charge is 2.15. The number of rotatable bonds is 4. The van der Waals surface area contributed by atoms with Crippen LogP contribution in [-0.2, 0) is 7.05 Å². The fourth-order valence-corrected chi connectivity index (χ4v) is 1.98. The zero-order valence-electron chi connectivity index (χ0n) is 11.1. The lowest BCUT2D eigenvalue weighted by molar-refractivity contribution is 0.112. The lowest BCUT2D eigenvalue weighted by atomic mass is 10.1. The molecule has 0 aliphatic rings. The van der Waals surface area contributed by atoms with Crippen LogP contribution in [0.3, 0.4) is 0 Å². The van der Waals surface area contributed by atoms with E-state index in [-0.39, 0.29) is 5.75 Å². The first-order valence-electron chi connectivity index (χ1n) is 5.99. The molecule has 5 heteroatoms. The van der Waals surface area contributed by atoms with E-state index in [1.807, 2.05) is 0 Å². The van der Waals surface area contributed by atoms with Crippen molar-refractivity contribution in [1.82, 2.24) is 9.55 Å². The quantitative estimate of drug-likeness (QED) is 0.796. The minimum Gasteiger partial charge on any atom is -0.491 e. The number of nitrogens with zero attached hydrogens (tertiary/aromatic N) is 2. The molecule has 0 radical (unpaired) electrons. The number of imidazole rings is 1. The SMILES string of the molecule is CCOc1ccc(-c2c(C=O)nc(C)n2C)cc1F. The Morgan fingerprint density at radius 1 is 1.47 bits per heavy atom. The van der Waals surface area contributed by atoms with Gasteiger partial charge in [0, 0.05) is 12.6 Å². The molecule has 0 unspecified atom stereocenters. The molecule has 0 amide bonds. The predicted molar refractivity (Wildman–Crippen MR) is 69.9 cm³/mol. The first kappa shape index (κ1) is 13.3. The standard InChI is InChI=1S/C14H15FN2O2/c1-4-19-13-6-5-10(7-11(13)15)14-12(8-18)16-9(2)17(14)3/h5-8H,4H2,1-3H3. The maximum atomic E-state index is 13.9. The molecular weight excluding hydrogens is 247 g/mol. The highest BCUT2D eigenvalue weighted by atomic mass is 19.1. The fraction of sp³-hybridized carbons (Fsp3) is 0.286. The summed E-state index contributed by atoms with van der Waals surface area (Å²) in [4.78, 5) is 15.2. The number of carbonyl (C=O) groups excluding carboxylic acids is 1. The smallest absolute Gasteiger partial charge is 0.170 e. The Hall–Kier alpha value is -2.17. The molecule has 0 bridgehead atoms. The van der Waals surface area contributed by atoms with Crippen LogP contribution < -0.4 is 4.74 Å². The molecule has 0 aliphatic heterocycles. The number of hydrogen-bond acceptors (Lipinski definition) is 3. The van der Waals surface area contributed by atoms with Crippen LogP contribution in [0.4, 0.5) is 4.39 Å². The maximum Gasteiger partial charge on any atom is 0.170 e. The summed E-state index contributed by atoms with van der Waals surface area (Å²) in [7, 11) is 1.79. The molecule has 2 aromatic rings. The number of aromatic nitrogens is 2. The van der Waals surface area contributed by atoms with E-state index in [4.69, 9.17) is 4.74 Å². The first-order chi connectivity index (χ1) is 9.08. The van der Waals surface area contributed by atoms with Gasteiger partial charge in [-0.1, -0.05) is 0 Å². The van der Waals surface area contributed by atoms with Crippen molar-refractivity contribution in [3.63, 3.8) is 0 Å². The van der Waals surface area contributed by atoms with Gasteiger partial charge in [-0.25, -0.2) is 9.37 Å². The summed E-state index contributed by atoms with van der Waals surface area (Å²) in [5.41, 5.74) is 1.52. The fourth-order valence-electron chi connectivity index (χ4n) is 1.98. The van der Waals surface area contributed by atoms with Crippen molar-refractivity contribution in [2.45, 2.75) is 13.8 Å². The summed E-state index contributed by atoms with van der Waals surface area (Å²) >= 11 is 0. The maximum absolute atomic E-state index is 13.9. The first-order valence-corrected chi connectivity index (χ1v) is 5.99. The second-order valence-corrected chi connectivity index (χ2v) is 4.15. The van der Waals surface area contributed by atoms with E-state index in [0.29, 0.717) is 35.7 Å². The van der Waals surface area contributed by atoms with Crippen LogP contribution in [0.25, 0.3) is 11.3 Å². The molecule has 2 rings (SSSR count). The van der Waals surface area contributed by atoms with Crippen molar-refractivity contribution < 1.29 is 13.9 Å². The van der Waals surface area contributed by atoms with Gasteiger partial charge in [-0.05, 0) is 32.0 Å². The molecule has 0 saturated carbocycles. The molecular formula is C14H15FN2O2. The Bertz CT molecular complexity index is 620. The molecule has 0 spiro atoms. The number of hydrogen-bond donors (Lipinski definition) is 0. The van der Waals surface area contributed by atoms with Gasteiger partial charge in [-0.15, -0.1) is 0 Å². The molecule has 100 valence electrons. The molecule has 0 fully saturated rings. The Morgan fingerprint density at radius 2 is 2.21 bits per heavy atom. The van der Waals surface area contributed by atoms with Crippen LogP contribution in [0.2, 0.25) is 0 Å². The van der Waals surface area contributed by atoms with E-state index in [1.54, 1.807) is 37.6 Å². The van der Waals surface area contributed by atoms with Gasteiger partial charge in [0.1, 0.15) is 11.5 Å². The van der Waals surface area contributed by atoms with Gasteiger partial charge in [0.2, 0.25) is 0 Å². The number of ether oxygens (including phenoxy) is 1. The minimum absolute atomic E-state index is 0.206. The normalized spacial score (nSPS) is 10.5. The summed E-state index contributed by atoms with van der Waals surface area (Å²) in [5, 5.41) is 0. The van der Waals surface area contributed by atoms with Crippen molar-refractivity contribution in [1.29, 1.82) is 0 Å². The number of carbonyl (C=O) groups is 1. The van der Waals surface area contributed by atoms with Gasteiger partial charge in [-0.2, -0.15) is 0 Å². The molecule has 1 heterocycles. The van der Waals surface area contributed by atoms with Crippen LogP contribution in [-0.4, -0.2) is 22.4 Å². The highest BCUT2D eigenvalue weighted by Crippen LogP contribution is 2.28. The summed E-state index contributed by atoms with van der Waals surface area (Å²) in [6.45, 7) is 3.99. The molecule has 4 nitrogen and oxygen atoms in total. The zero-order valence-corrected chi connectivity index (χ0v) is 11.1. The van der Waals surface area contributed by atoms with Crippen molar-refractivity contribution in [2.75, 3.05) is 6.61 Å². The molecule has 0 atom stereocenters. The van der Waals surface area contributed by atoms with Crippen molar-refractivity contribution in [3.05, 3.63) is 35.5 Å². The Balaban J connectivity index is 2.53. The Labute approximate surface area is 110 Å². The van der Waals surface area contributed by atoms with Crippen LogP contribution in [0.1, 0.15) is 23.2 Å². The van der Waals surface area contributed by atoms with Gasteiger partial charge in [0.25, 0.3) is 0 Å².